The Morgan fingerprint density at radius 1 is 0.872 bits per heavy atom. The Hall–Kier alpha value is -4.31. The van der Waals surface area contributed by atoms with Crippen LogP contribution in [0.1, 0.15) is 36.6 Å². The number of alkyl halides is 1. The molecule has 4 atom stereocenters. The summed E-state index contributed by atoms with van der Waals surface area (Å²) in [5.41, 5.74) is 1.91. The van der Waals surface area contributed by atoms with Crippen molar-refractivity contribution in [2.45, 2.75) is 55.3 Å². The van der Waals surface area contributed by atoms with E-state index in [-0.39, 0.29) is 23.6 Å². The molecule has 0 spiro atoms. The number of alkyl carbamates (subject to hydrolysis) is 1. The fourth-order valence-corrected chi connectivity index (χ4v) is 7.13. The molecule has 0 aromatic heterocycles. The van der Waals surface area contributed by atoms with Crippen LogP contribution in [0.3, 0.4) is 0 Å². The van der Waals surface area contributed by atoms with E-state index in [2.05, 4.69) is 10.6 Å². The van der Waals surface area contributed by atoms with E-state index >= 15 is 0 Å². The molecule has 2 unspecified atom stereocenters. The first-order valence-corrected chi connectivity index (χ1v) is 17.0. The normalized spacial score (nSPS) is 19.8. The van der Waals surface area contributed by atoms with Crippen LogP contribution >= 0.6 is 34.4 Å². The lowest BCUT2D eigenvalue weighted by Crippen LogP contribution is -2.71. The summed E-state index contributed by atoms with van der Waals surface area (Å²) in [5.74, 6) is -1.48. The van der Waals surface area contributed by atoms with E-state index in [1.54, 1.807) is 24.3 Å². The van der Waals surface area contributed by atoms with Gasteiger partial charge < -0.3 is 34.5 Å². The highest BCUT2D eigenvalue weighted by Gasteiger charge is 2.64. The molecule has 12 nitrogen and oxygen atoms in total. The Morgan fingerprint density at radius 3 is 2.06 bits per heavy atom. The largest absolute Gasteiger partial charge is 0.514 e. The maximum Gasteiger partial charge on any atom is 0.514 e. The second kappa shape index (κ2) is 15.1. The van der Waals surface area contributed by atoms with Gasteiger partial charge in [0.15, 0.2) is 0 Å². The van der Waals surface area contributed by atoms with Crippen LogP contribution in [-0.2, 0) is 41.8 Å². The number of nitrogens with zero attached hydrogens (tertiary/aromatic N) is 1. The van der Waals surface area contributed by atoms with Crippen molar-refractivity contribution in [1.29, 1.82) is 0 Å². The Kier molecular flexibility index (Phi) is 10.9. The van der Waals surface area contributed by atoms with Gasteiger partial charge in [0.1, 0.15) is 47.1 Å². The summed E-state index contributed by atoms with van der Waals surface area (Å²) in [6.45, 7) is 3.74. The molecule has 0 radical (unpaired) electrons. The lowest BCUT2D eigenvalue weighted by molar-refractivity contribution is -0.165. The zero-order chi connectivity index (χ0) is 33.6. The maximum atomic E-state index is 13.7. The Morgan fingerprint density at radius 2 is 1.47 bits per heavy atom. The van der Waals surface area contributed by atoms with Crippen LogP contribution in [0.25, 0.3) is 0 Å². The van der Waals surface area contributed by atoms with Crippen LogP contribution in [0.2, 0.25) is 0 Å². The first-order valence-electron chi connectivity index (χ1n) is 14.6. The molecule has 0 aliphatic carbocycles. The Balaban J connectivity index is 1.27. The molecule has 2 aliphatic heterocycles. The number of halogens is 1. The Bertz CT molecular complexity index is 1610. The molecule has 47 heavy (non-hydrogen) atoms. The highest BCUT2D eigenvalue weighted by molar-refractivity contribution is 14.1. The standard InChI is InChI=1S/C33H32IN3O9S/c1-33(2)26(30(40)43-17-20-9-5-3-6-10-20)37-28(39)25(29(37)47-33)35-27(38)24(36-31(41)44-18-21-11-7-4-8-12-21)22-13-15-23(16-14-22)46-32(42)45-19-34/h3-16,24-26,29H,17-19H2,1-2H3,(H,35,38)(H,36,41)/t24?,25?,26-,29+/m0/s1. The van der Waals surface area contributed by atoms with Gasteiger partial charge >= 0.3 is 18.2 Å². The van der Waals surface area contributed by atoms with E-state index in [1.807, 2.05) is 72.8 Å². The number of rotatable bonds is 11. The molecular weight excluding hydrogens is 741 g/mol. The second-order valence-electron chi connectivity index (χ2n) is 11.2. The topological polar surface area (TPSA) is 150 Å². The van der Waals surface area contributed by atoms with Crippen molar-refractivity contribution >= 4 is 64.4 Å². The number of hydrogen-bond donors (Lipinski definition) is 2. The van der Waals surface area contributed by atoms with Crippen LogP contribution in [0, 0.1) is 0 Å². The number of benzene rings is 3. The van der Waals surface area contributed by atoms with Crippen LogP contribution in [0.5, 0.6) is 5.75 Å². The van der Waals surface area contributed by atoms with E-state index in [9.17, 15) is 24.0 Å². The molecule has 2 saturated heterocycles. The highest BCUT2D eigenvalue weighted by atomic mass is 127. The average molecular weight is 774 g/mol. The first kappa shape index (κ1) is 34.0. The summed E-state index contributed by atoms with van der Waals surface area (Å²) in [4.78, 5) is 66.3. The van der Waals surface area contributed by atoms with Crippen molar-refractivity contribution in [3.8, 4) is 5.75 Å². The molecule has 2 N–H and O–H groups in total. The first-order chi connectivity index (χ1) is 22.6. The molecular formula is C33H32IN3O9S. The van der Waals surface area contributed by atoms with Gasteiger partial charge in [-0.3, -0.25) is 9.59 Å². The second-order valence-corrected chi connectivity index (χ2v) is 13.5. The van der Waals surface area contributed by atoms with Crippen molar-refractivity contribution < 1.29 is 42.9 Å². The van der Waals surface area contributed by atoms with Gasteiger partial charge in [0.2, 0.25) is 11.8 Å². The van der Waals surface area contributed by atoms with Gasteiger partial charge in [-0.05, 0) is 65.3 Å². The lowest BCUT2D eigenvalue weighted by Gasteiger charge is -2.44. The van der Waals surface area contributed by atoms with Crippen molar-refractivity contribution in [2.75, 3.05) is 4.61 Å². The molecule has 246 valence electrons. The van der Waals surface area contributed by atoms with E-state index in [1.165, 1.54) is 40.9 Å². The average Bonchev–Trinajstić information content (AvgIpc) is 3.32. The number of nitrogens with one attached hydrogen (secondary N) is 2. The lowest BCUT2D eigenvalue weighted by atomic mass is 9.95. The third kappa shape index (κ3) is 8.16. The van der Waals surface area contributed by atoms with Crippen molar-refractivity contribution in [1.82, 2.24) is 15.5 Å². The SMILES string of the molecule is CC1(C)S[C@@H]2C(NC(=O)C(NC(=O)OCc3ccccc3)c3ccc(OC(=O)OCI)cc3)C(=O)N2[C@H]1C(=O)OCc1ccccc1. The van der Waals surface area contributed by atoms with Gasteiger partial charge in [0, 0.05) is 4.75 Å². The summed E-state index contributed by atoms with van der Waals surface area (Å²) in [7, 11) is 0. The number of fused-ring (bicyclic) bond motifs is 1. The number of hydrogen-bond acceptors (Lipinski definition) is 10. The monoisotopic (exact) mass is 773 g/mol. The molecule has 3 amide bonds. The smallest absolute Gasteiger partial charge is 0.459 e. The van der Waals surface area contributed by atoms with Gasteiger partial charge in [-0.2, -0.15) is 0 Å². The number of esters is 1. The van der Waals surface area contributed by atoms with Gasteiger partial charge in [-0.15, -0.1) is 11.8 Å². The maximum absolute atomic E-state index is 13.7. The molecule has 0 saturated carbocycles. The molecule has 3 aromatic rings. The van der Waals surface area contributed by atoms with Gasteiger partial charge in [-0.1, -0.05) is 72.8 Å². The molecule has 0 bridgehead atoms. The number of carbonyl (C=O) groups is 5. The number of thioether (sulfide) groups is 1. The minimum Gasteiger partial charge on any atom is -0.459 e. The summed E-state index contributed by atoms with van der Waals surface area (Å²) in [6.07, 6.45) is -1.75. The Labute approximate surface area is 289 Å². The van der Waals surface area contributed by atoms with Crippen molar-refractivity contribution in [3.05, 3.63) is 102 Å². The quantitative estimate of drug-likeness (QED) is 0.0692. The summed E-state index contributed by atoms with van der Waals surface area (Å²) >= 11 is 3.24. The van der Waals surface area contributed by atoms with Gasteiger partial charge in [-0.25, -0.2) is 14.4 Å². The van der Waals surface area contributed by atoms with Crippen molar-refractivity contribution in [3.63, 3.8) is 0 Å². The molecule has 2 heterocycles. The van der Waals surface area contributed by atoms with Crippen LogP contribution in [0.4, 0.5) is 9.59 Å². The predicted octanol–water partition coefficient (Wildman–Crippen LogP) is 4.85. The summed E-state index contributed by atoms with van der Waals surface area (Å²) < 4.78 is 20.2. The van der Waals surface area contributed by atoms with E-state index in [0.29, 0.717) is 5.56 Å². The molecule has 14 heteroatoms. The number of amides is 3. The zero-order valence-electron chi connectivity index (χ0n) is 25.4. The third-order valence-corrected chi connectivity index (χ3v) is 9.39. The van der Waals surface area contributed by atoms with E-state index in [0.717, 1.165) is 11.1 Å². The fourth-order valence-electron chi connectivity index (χ4n) is 5.25. The number of β-lactam (4-membered cyclic amide) rings is 1. The summed E-state index contributed by atoms with van der Waals surface area (Å²) in [5, 5.41) is 4.80. The zero-order valence-corrected chi connectivity index (χ0v) is 28.4. The molecule has 2 fully saturated rings. The van der Waals surface area contributed by atoms with E-state index in [4.69, 9.17) is 18.9 Å². The van der Waals surface area contributed by atoms with Crippen LogP contribution in [0.15, 0.2) is 84.9 Å². The van der Waals surface area contributed by atoms with Gasteiger partial charge in [0.05, 0.1) is 0 Å². The van der Waals surface area contributed by atoms with E-state index < -0.39 is 58.3 Å². The highest BCUT2D eigenvalue weighted by Crippen LogP contribution is 2.51. The predicted molar refractivity (Wildman–Crippen MR) is 179 cm³/mol. The van der Waals surface area contributed by atoms with Crippen LogP contribution < -0.4 is 15.4 Å². The number of carbonyl (C=O) groups excluding carboxylic acids is 5. The van der Waals surface area contributed by atoms with Gasteiger partial charge in [0.25, 0.3) is 0 Å². The fraction of sp³-hybridized carbons (Fsp3) is 0.303. The molecule has 3 aromatic carbocycles. The molecule has 5 rings (SSSR count). The minimum absolute atomic E-state index is 0.0294. The third-order valence-electron chi connectivity index (χ3n) is 7.51. The summed E-state index contributed by atoms with van der Waals surface area (Å²) in [6, 6.07) is 21.1. The van der Waals surface area contributed by atoms with Crippen LogP contribution in [-0.4, -0.2) is 61.8 Å². The molecule has 2 aliphatic rings. The minimum atomic E-state index is -1.28. The van der Waals surface area contributed by atoms with Crippen molar-refractivity contribution in [2.24, 2.45) is 0 Å². The number of ether oxygens (including phenoxy) is 4.